The molecule has 0 saturated heterocycles. The first-order valence-corrected chi connectivity index (χ1v) is 6.09. The summed E-state index contributed by atoms with van der Waals surface area (Å²) in [5, 5.41) is 5.05. The fourth-order valence-electron chi connectivity index (χ4n) is 1.41. The van der Waals surface area contributed by atoms with Gasteiger partial charge in [0.15, 0.2) is 5.13 Å². The summed E-state index contributed by atoms with van der Waals surface area (Å²) in [6, 6.07) is 4.35. The van der Waals surface area contributed by atoms with Gasteiger partial charge in [0, 0.05) is 11.1 Å². The molecule has 2 nitrogen and oxygen atoms in total. The third-order valence-electron chi connectivity index (χ3n) is 2.16. The maximum absolute atomic E-state index is 6.05. The van der Waals surface area contributed by atoms with Crippen LogP contribution in [-0.4, -0.2) is 11.0 Å². The molecule has 0 bridgehead atoms. The van der Waals surface area contributed by atoms with Gasteiger partial charge in [-0.3, -0.25) is 0 Å². The number of aryl methyl sites for hydroxylation is 1. The second-order valence-corrected chi connectivity index (χ2v) is 5.28. The van der Waals surface area contributed by atoms with Crippen molar-refractivity contribution in [2.24, 2.45) is 0 Å². The number of aromatic nitrogens is 1. The van der Waals surface area contributed by atoms with Gasteiger partial charge in [-0.05, 0) is 38.5 Å². The predicted octanol–water partition coefficient (Wildman–Crippen LogP) is 4.08. The molecule has 0 aliphatic rings. The Bertz CT molecular complexity index is 491. The lowest BCUT2D eigenvalue weighted by Gasteiger charge is -2.03. The number of rotatable bonds is 2. The normalized spacial score (nSPS) is 11.3. The third kappa shape index (κ3) is 2.08. The first kappa shape index (κ1) is 10.7. The minimum atomic E-state index is 0.404. The van der Waals surface area contributed by atoms with E-state index in [1.54, 1.807) is 11.3 Å². The van der Waals surface area contributed by atoms with Crippen molar-refractivity contribution >= 4 is 38.3 Å². The lowest BCUT2D eigenvalue weighted by atomic mass is 10.2. The summed E-state index contributed by atoms with van der Waals surface area (Å²) >= 11 is 7.71. The molecule has 1 N–H and O–H groups in total. The van der Waals surface area contributed by atoms with E-state index in [1.165, 1.54) is 4.70 Å². The molecule has 0 amide bonds. The standard InChI is InChI=1S/C11H13ClN2S/c1-6(2)13-11-14-10-7(3)8(12)4-5-9(10)15-11/h4-6H,1-3H3,(H,13,14). The SMILES string of the molecule is Cc1c(Cl)ccc2sc(NC(C)C)nc12. The first-order chi connectivity index (χ1) is 7.08. The highest BCUT2D eigenvalue weighted by Gasteiger charge is 2.08. The maximum atomic E-state index is 6.05. The van der Waals surface area contributed by atoms with Crippen molar-refractivity contribution in [3.8, 4) is 0 Å². The molecule has 0 fully saturated rings. The summed E-state index contributed by atoms with van der Waals surface area (Å²) in [4.78, 5) is 4.54. The van der Waals surface area contributed by atoms with Gasteiger partial charge < -0.3 is 5.32 Å². The quantitative estimate of drug-likeness (QED) is 0.856. The second kappa shape index (κ2) is 3.99. The Morgan fingerprint density at radius 2 is 2.13 bits per heavy atom. The molecule has 0 unspecified atom stereocenters. The average molecular weight is 241 g/mol. The number of halogens is 1. The first-order valence-electron chi connectivity index (χ1n) is 4.90. The van der Waals surface area contributed by atoms with E-state index in [4.69, 9.17) is 11.6 Å². The van der Waals surface area contributed by atoms with Crippen molar-refractivity contribution < 1.29 is 0 Å². The number of nitrogens with zero attached hydrogens (tertiary/aromatic N) is 1. The number of hydrogen-bond donors (Lipinski definition) is 1. The summed E-state index contributed by atoms with van der Waals surface area (Å²) in [6.45, 7) is 6.21. The van der Waals surface area contributed by atoms with E-state index < -0.39 is 0 Å². The predicted molar refractivity (Wildman–Crippen MR) is 68.1 cm³/mol. The zero-order valence-electron chi connectivity index (χ0n) is 8.97. The van der Waals surface area contributed by atoms with E-state index in [1.807, 2.05) is 19.1 Å². The number of benzene rings is 1. The fraction of sp³-hybridized carbons (Fsp3) is 0.364. The van der Waals surface area contributed by atoms with Crippen LogP contribution < -0.4 is 5.32 Å². The van der Waals surface area contributed by atoms with Crippen LogP contribution >= 0.6 is 22.9 Å². The van der Waals surface area contributed by atoms with Crippen LogP contribution in [0.25, 0.3) is 10.2 Å². The summed E-state index contributed by atoms with van der Waals surface area (Å²) in [6.07, 6.45) is 0. The molecule has 2 rings (SSSR count). The molecule has 0 aliphatic carbocycles. The van der Waals surface area contributed by atoms with E-state index in [0.717, 1.165) is 21.2 Å². The Balaban J connectivity index is 2.51. The van der Waals surface area contributed by atoms with Crippen molar-refractivity contribution in [1.82, 2.24) is 4.98 Å². The molecule has 1 aromatic heterocycles. The van der Waals surface area contributed by atoms with E-state index in [0.29, 0.717) is 6.04 Å². The molecule has 0 atom stereocenters. The van der Waals surface area contributed by atoms with Crippen LogP contribution in [-0.2, 0) is 0 Å². The van der Waals surface area contributed by atoms with Crippen LogP contribution in [0.2, 0.25) is 5.02 Å². The Hall–Kier alpha value is -0.800. The summed E-state index contributed by atoms with van der Waals surface area (Å²) in [7, 11) is 0. The Morgan fingerprint density at radius 1 is 1.40 bits per heavy atom. The van der Waals surface area contributed by atoms with Crippen LogP contribution in [0.4, 0.5) is 5.13 Å². The van der Waals surface area contributed by atoms with Gasteiger partial charge in [-0.25, -0.2) is 4.98 Å². The monoisotopic (exact) mass is 240 g/mol. The van der Waals surface area contributed by atoms with Crippen molar-refractivity contribution in [3.63, 3.8) is 0 Å². The van der Waals surface area contributed by atoms with Gasteiger partial charge in [-0.1, -0.05) is 22.9 Å². The van der Waals surface area contributed by atoms with Gasteiger partial charge in [0.25, 0.3) is 0 Å². The number of hydrogen-bond acceptors (Lipinski definition) is 3. The number of anilines is 1. The van der Waals surface area contributed by atoms with Crippen LogP contribution in [0.15, 0.2) is 12.1 Å². The Labute approximate surface area is 98.3 Å². The number of thiazole rings is 1. The highest BCUT2D eigenvalue weighted by Crippen LogP contribution is 2.31. The van der Waals surface area contributed by atoms with Gasteiger partial charge in [0.05, 0.1) is 10.2 Å². The molecular formula is C11H13ClN2S. The molecule has 1 heterocycles. The number of fused-ring (bicyclic) bond motifs is 1. The minimum absolute atomic E-state index is 0.404. The van der Waals surface area contributed by atoms with Gasteiger partial charge in [0.2, 0.25) is 0 Å². The third-order valence-corrected chi connectivity index (χ3v) is 3.52. The second-order valence-electron chi connectivity index (χ2n) is 3.84. The van der Waals surface area contributed by atoms with Crippen molar-refractivity contribution in [2.75, 3.05) is 5.32 Å². The summed E-state index contributed by atoms with van der Waals surface area (Å²) in [5.41, 5.74) is 2.07. The highest BCUT2D eigenvalue weighted by molar-refractivity contribution is 7.22. The van der Waals surface area contributed by atoms with Crippen LogP contribution in [0, 0.1) is 6.92 Å². The smallest absolute Gasteiger partial charge is 0.183 e. The van der Waals surface area contributed by atoms with Gasteiger partial charge >= 0.3 is 0 Å². The fourth-order valence-corrected chi connectivity index (χ4v) is 2.63. The molecule has 2 aromatic rings. The highest BCUT2D eigenvalue weighted by atomic mass is 35.5. The largest absolute Gasteiger partial charge is 0.359 e. The minimum Gasteiger partial charge on any atom is -0.359 e. The lowest BCUT2D eigenvalue weighted by molar-refractivity contribution is 0.897. The summed E-state index contributed by atoms with van der Waals surface area (Å²) < 4.78 is 1.18. The van der Waals surface area contributed by atoms with E-state index in [9.17, 15) is 0 Å². The van der Waals surface area contributed by atoms with E-state index in [2.05, 4.69) is 24.1 Å². The van der Waals surface area contributed by atoms with Crippen LogP contribution in [0.3, 0.4) is 0 Å². The van der Waals surface area contributed by atoms with Crippen molar-refractivity contribution in [3.05, 3.63) is 22.7 Å². The zero-order valence-corrected chi connectivity index (χ0v) is 10.5. The van der Waals surface area contributed by atoms with Gasteiger partial charge in [-0.15, -0.1) is 0 Å². The Morgan fingerprint density at radius 3 is 2.80 bits per heavy atom. The van der Waals surface area contributed by atoms with Crippen molar-refractivity contribution in [1.29, 1.82) is 0 Å². The number of nitrogens with one attached hydrogen (secondary N) is 1. The molecule has 4 heteroatoms. The zero-order chi connectivity index (χ0) is 11.0. The molecule has 80 valence electrons. The van der Waals surface area contributed by atoms with Crippen molar-refractivity contribution in [2.45, 2.75) is 26.8 Å². The molecule has 15 heavy (non-hydrogen) atoms. The topological polar surface area (TPSA) is 24.9 Å². The molecule has 1 aromatic carbocycles. The average Bonchev–Trinajstić information content (AvgIpc) is 2.54. The lowest BCUT2D eigenvalue weighted by Crippen LogP contribution is -2.08. The van der Waals surface area contributed by atoms with E-state index >= 15 is 0 Å². The molecule has 0 radical (unpaired) electrons. The maximum Gasteiger partial charge on any atom is 0.183 e. The molecular weight excluding hydrogens is 228 g/mol. The van der Waals surface area contributed by atoms with E-state index in [-0.39, 0.29) is 0 Å². The van der Waals surface area contributed by atoms with Gasteiger partial charge in [0.1, 0.15) is 0 Å². The Kier molecular flexibility index (Phi) is 2.85. The molecule has 0 spiro atoms. The molecule has 0 aliphatic heterocycles. The van der Waals surface area contributed by atoms with Crippen LogP contribution in [0.5, 0.6) is 0 Å². The van der Waals surface area contributed by atoms with Gasteiger partial charge in [-0.2, -0.15) is 0 Å². The summed E-state index contributed by atoms with van der Waals surface area (Å²) in [5.74, 6) is 0. The molecule has 0 saturated carbocycles. The van der Waals surface area contributed by atoms with Crippen LogP contribution in [0.1, 0.15) is 19.4 Å².